The highest BCUT2D eigenvalue weighted by molar-refractivity contribution is 7.21. The van der Waals surface area contributed by atoms with Crippen LogP contribution < -0.4 is 9.64 Å². The molecular formula is C28H29NOS. The van der Waals surface area contributed by atoms with Gasteiger partial charge < -0.3 is 9.64 Å². The number of hydrogen-bond donors (Lipinski definition) is 0. The Hall–Kier alpha value is -2.78. The average molecular weight is 428 g/mol. The van der Waals surface area contributed by atoms with Crippen LogP contribution in [0.5, 0.6) is 10.8 Å². The molecule has 0 saturated carbocycles. The van der Waals surface area contributed by atoms with Crippen molar-refractivity contribution in [2.24, 2.45) is 0 Å². The first-order valence-corrected chi connectivity index (χ1v) is 11.7. The molecule has 0 bridgehead atoms. The summed E-state index contributed by atoms with van der Waals surface area (Å²) in [6.07, 6.45) is 0. The van der Waals surface area contributed by atoms with E-state index in [0.29, 0.717) is 0 Å². The van der Waals surface area contributed by atoms with Crippen LogP contribution in [0.2, 0.25) is 0 Å². The highest BCUT2D eigenvalue weighted by Gasteiger charge is 2.32. The largest absolute Gasteiger partial charge is 0.442 e. The Morgan fingerprint density at radius 1 is 0.774 bits per heavy atom. The Balaban J connectivity index is 1.83. The van der Waals surface area contributed by atoms with Gasteiger partial charge in [-0.15, -0.1) is 0 Å². The smallest absolute Gasteiger partial charge is 0.206 e. The topological polar surface area (TPSA) is 12.5 Å². The summed E-state index contributed by atoms with van der Waals surface area (Å²) >= 11 is 1.74. The molecule has 4 aromatic rings. The van der Waals surface area contributed by atoms with Gasteiger partial charge in [0, 0.05) is 10.1 Å². The third kappa shape index (κ3) is 3.23. The molecule has 3 heteroatoms. The van der Waals surface area contributed by atoms with Crippen LogP contribution in [0.4, 0.5) is 17.1 Å². The van der Waals surface area contributed by atoms with Crippen LogP contribution in [0, 0.1) is 27.7 Å². The van der Waals surface area contributed by atoms with Gasteiger partial charge in [-0.05, 0) is 79.1 Å². The van der Waals surface area contributed by atoms with E-state index < -0.39 is 0 Å². The van der Waals surface area contributed by atoms with Gasteiger partial charge in [0.15, 0.2) is 5.75 Å². The SMILES string of the molecule is Cc1ccc2c(c1)Oc1sc3cc(C)ccc3c1N2c1c(C)cc(C(C)(C)C)cc1C. The molecule has 0 fully saturated rings. The summed E-state index contributed by atoms with van der Waals surface area (Å²) < 4.78 is 7.73. The molecular weight excluding hydrogens is 398 g/mol. The summed E-state index contributed by atoms with van der Waals surface area (Å²) in [7, 11) is 0. The van der Waals surface area contributed by atoms with Crippen molar-refractivity contribution >= 4 is 38.5 Å². The molecule has 1 aliphatic rings. The maximum atomic E-state index is 6.47. The molecule has 1 aliphatic heterocycles. The summed E-state index contributed by atoms with van der Waals surface area (Å²) in [4.78, 5) is 2.43. The first-order chi connectivity index (χ1) is 14.6. The van der Waals surface area contributed by atoms with E-state index in [1.54, 1.807) is 11.3 Å². The summed E-state index contributed by atoms with van der Waals surface area (Å²) in [5, 5.41) is 2.22. The second-order valence-electron chi connectivity index (χ2n) is 9.86. The van der Waals surface area contributed by atoms with Crippen molar-refractivity contribution in [3.05, 3.63) is 76.3 Å². The van der Waals surface area contributed by atoms with Crippen LogP contribution >= 0.6 is 11.3 Å². The predicted molar refractivity (Wildman–Crippen MR) is 134 cm³/mol. The van der Waals surface area contributed by atoms with Crippen LogP contribution in [-0.4, -0.2) is 0 Å². The number of hydrogen-bond acceptors (Lipinski definition) is 3. The molecule has 0 unspecified atom stereocenters. The van der Waals surface area contributed by atoms with Crippen molar-refractivity contribution in [3.8, 4) is 10.8 Å². The lowest BCUT2D eigenvalue weighted by atomic mass is 9.84. The molecule has 0 atom stereocenters. The van der Waals surface area contributed by atoms with E-state index in [-0.39, 0.29) is 5.41 Å². The van der Waals surface area contributed by atoms with Crippen molar-refractivity contribution in [2.75, 3.05) is 4.90 Å². The van der Waals surface area contributed by atoms with Crippen molar-refractivity contribution in [3.63, 3.8) is 0 Å². The van der Waals surface area contributed by atoms with Crippen LogP contribution in [0.15, 0.2) is 48.5 Å². The molecule has 5 rings (SSSR count). The average Bonchev–Trinajstić information content (AvgIpc) is 3.02. The Bertz CT molecular complexity index is 1320. The van der Waals surface area contributed by atoms with E-state index in [2.05, 4.69) is 102 Å². The van der Waals surface area contributed by atoms with Gasteiger partial charge in [0.05, 0.1) is 11.4 Å². The zero-order valence-corrected chi connectivity index (χ0v) is 20.2. The minimum atomic E-state index is 0.117. The van der Waals surface area contributed by atoms with Gasteiger partial charge in [-0.25, -0.2) is 0 Å². The molecule has 1 aromatic heterocycles. The lowest BCUT2D eigenvalue weighted by Crippen LogP contribution is -2.19. The maximum Gasteiger partial charge on any atom is 0.206 e. The molecule has 0 radical (unpaired) electrons. The van der Waals surface area contributed by atoms with Gasteiger partial charge in [-0.1, -0.05) is 62.4 Å². The molecule has 0 spiro atoms. The van der Waals surface area contributed by atoms with E-state index in [4.69, 9.17) is 4.74 Å². The van der Waals surface area contributed by atoms with Gasteiger partial charge >= 0.3 is 0 Å². The number of ether oxygens (including phenoxy) is 1. The molecule has 2 heterocycles. The van der Waals surface area contributed by atoms with Gasteiger partial charge in [0.2, 0.25) is 5.06 Å². The highest BCUT2D eigenvalue weighted by atomic mass is 32.1. The fraction of sp³-hybridized carbons (Fsp3) is 0.286. The normalized spacial score (nSPS) is 13.2. The van der Waals surface area contributed by atoms with Crippen LogP contribution in [0.1, 0.15) is 48.6 Å². The molecule has 0 N–H and O–H groups in total. The number of fused-ring (bicyclic) bond motifs is 4. The molecule has 0 saturated heterocycles. The standard InChI is InChI=1S/C28H29NOS/c1-16-9-11-22-23(12-16)30-27-26(21-10-8-17(2)13-24(21)31-27)29(22)25-18(3)14-20(15-19(25)4)28(5,6)7/h8-15H,1-7H3. The quantitative estimate of drug-likeness (QED) is 0.264. The predicted octanol–water partition coefficient (Wildman–Crippen LogP) is 9.01. The Kier molecular flexibility index (Phi) is 4.46. The van der Waals surface area contributed by atoms with Crippen LogP contribution in [0.3, 0.4) is 0 Å². The molecule has 0 amide bonds. The lowest BCUT2D eigenvalue weighted by molar-refractivity contribution is 0.491. The zero-order valence-electron chi connectivity index (χ0n) is 19.4. The Labute approximate surface area is 189 Å². The first kappa shape index (κ1) is 20.1. The van der Waals surface area contributed by atoms with E-state index in [9.17, 15) is 0 Å². The third-order valence-corrected chi connectivity index (χ3v) is 7.17. The molecule has 0 aliphatic carbocycles. The zero-order chi connectivity index (χ0) is 22.1. The minimum Gasteiger partial charge on any atom is -0.442 e. The van der Waals surface area contributed by atoms with E-state index in [1.165, 1.54) is 43.6 Å². The van der Waals surface area contributed by atoms with Crippen LogP contribution in [-0.2, 0) is 5.41 Å². The van der Waals surface area contributed by atoms with E-state index in [0.717, 1.165) is 22.2 Å². The van der Waals surface area contributed by atoms with Crippen molar-refractivity contribution in [1.29, 1.82) is 0 Å². The molecule has 2 nitrogen and oxygen atoms in total. The van der Waals surface area contributed by atoms with Crippen LogP contribution in [0.25, 0.3) is 10.1 Å². The molecule has 158 valence electrons. The lowest BCUT2D eigenvalue weighted by Gasteiger charge is -2.34. The molecule has 3 aromatic carbocycles. The number of nitrogens with zero attached hydrogens (tertiary/aromatic N) is 1. The summed E-state index contributed by atoms with van der Waals surface area (Å²) in [6, 6.07) is 17.9. The Morgan fingerprint density at radius 2 is 1.42 bits per heavy atom. The number of thiophene rings is 1. The number of benzene rings is 3. The number of anilines is 3. The summed E-state index contributed by atoms with van der Waals surface area (Å²) in [6.45, 7) is 15.6. The monoisotopic (exact) mass is 427 g/mol. The minimum absolute atomic E-state index is 0.117. The number of aryl methyl sites for hydroxylation is 4. The van der Waals surface area contributed by atoms with E-state index >= 15 is 0 Å². The first-order valence-electron chi connectivity index (χ1n) is 10.9. The summed E-state index contributed by atoms with van der Waals surface area (Å²) in [5.41, 5.74) is 10.1. The second kappa shape index (κ2) is 6.86. The van der Waals surface area contributed by atoms with Gasteiger partial charge in [0.25, 0.3) is 0 Å². The van der Waals surface area contributed by atoms with Gasteiger partial charge in [-0.3, -0.25) is 0 Å². The van der Waals surface area contributed by atoms with Gasteiger partial charge in [0.1, 0.15) is 5.69 Å². The summed E-state index contributed by atoms with van der Waals surface area (Å²) in [5.74, 6) is 0.925. The molecule has 31 heavy (non-hydrogen) atoms. The maximum absolute atomic E-state index is 6.47. The van der Waals surface area contributed by atoms with Crippen molar-refractivity contribution in [1.82, 2.24) is 0 Å². The number of rotatable bonds is 1. The third-order valence-electron chi connectivity index (χ3n) is 6.15. The van der Waals surface area contributed by atoms with E-state index in [1.807, 2.05) is 0 Å². The fourth-order valence-corrected chi connectivity index (χ4v) is 5.68. The van der Waals surface area contributed by atoms with Crippen molar-refractivity contribution < 1.29 is 4.74 Å². The van der Waals surface area contributed by atoms with Gasteiger partial charge in [-0.2, -0.15) is 0 Å². The van der Waals surface area contributed by atoms with Crippen molar-refractivity contribution in [2.45, 2.75) is 53.9 Å². The second-order valence-corrected chi connectivity index (χ2v) is 10.9. The fourth-order valence-electron chi connectivity index (χ4n) is 4.53. The Morgan fingerprint density at radius 3 is 2.10 bits per heavy atom. The highest BCUT2D eigenvalue weighted by Crippen LogP contribution is 2.58.